The number of nitrogens with zero attached hydrogens (tertiary/aromatic N) is 2. The number of rotatable bonds is 4. The van der Waals surface area contributed by atoms with E-state index in [9.17, 15) is 9.59 Å². The molecule has 19 heavy (non-hydrogen) atoms. The monoisotopic (exact) mass is 268 g/mol. The molecule has 2 aliphatic rings. The zero-order valence-electron chi connectivity index (χ0n) is 11.8. The Morgan fingerprint density at radius 3 is 2.74 bits per heavy atom. The highest BCUT2D eigenvalue weighted by Crippen LogP contribution is 2.25. The van der Waals surface area contributed by atoms with Gasteiger partial charge in [-0.15, -0.1) is 0 Å². The summed E-state index contributed by atoms with van der Waals surface area (Å²) >= 11 is 0. The summed E-state index contributed by atoms with van der Waals surface area (Å²) in [5, 5.41) is 8.75. The van der Waals surface area contributed by atoms with Crippen molar-refractivity contribution in [3.63, 3.8) is 0 Å². The second-order valence-electron chi connectivity index (χ2n) is 6.09. The standard InChI is InChI=1S/C14H24N2O3/c1-10(7-14(18)19)6-13(17)16-9-12-4-3-5-15(12)8-11(16)2/h10-12H,3-9H2,1-2H3,(H,18,19). The first kappa shape index (κ1) is 14.3. The fourth-order valence-corrected chi connectivity index (χ4v) is 3.32. The Morgan fingerprint density at radius 2 is 2.05 bits per heavy atom. The van der Waals surface area contributed by atoms with Crippen molar-refractivity contribution in [1.29, 1.82) is 0 Å². The number of hydrogen-bond donors (Lipinski definition) is 1. The van der Waals surface area contributed by atoms with Crippen LogP contribution in [-0.4, -0.2) is 58.5 Å². The van der Waals surface area contributed by atoms with Crippen LogP contribution < -0.4 is 0 Å². The van der Waals surface area contributed by atoms with Gasteiger partial charge in [-0.05, 0) is 32.2 Å². The number of aliphatic carboxylic acids is 1. The summed E-state index contributed by atoms with van der Waals surface area (Å²) in [6, 6.07) is 0.772. The highest BCUT2D eigenvalue weighted by Gasteiger charge is 2.36. The molecule has 2 heterocycles. The SMILES string of the molecule is CC(CC(=O)O)CC(=O)N1CC2CCCN2CC1C. The van der Waals surface area contributed by atoms with Gasteiger partial charge >= 0.3 is 5.97 Å². The third-order valence-electron chi connectivity index (χ3n) is 4.30. The molecule has 0 aliphatic carbocycles. The summed E-state index contributed by atoms with van der Waals surface area (Å²) in [4.78, 5) is 27.4. The van der Waals surface area contributed by atoms with E-state index in [4.69, 9.17) is 5.11 Å². The fraction of sp³-hybridized carbons (Fsp3) is 0.857. The molecule has 2 aliphatic heterocycles. The van der Waals surface area contributed by atoms with Crippen molar-refractivity contribution < 1.29 is 14.7 Å². The van der Waals surface area contributed by atoms with E-state index < -0.39 is 5.97 Å². The summed E-state index contributed by atoms with van der Waals surface area (Å²) in [6.45, 7) is 6.87. The van der Waals surface area contributed by atoms with Crippen molar-refractivity contribution in [2.45, 2.75) is 51.6 Å². The molecule has 0 saturated carbocycles. The molecule has 2 rings (SSSR count). The van der Waals surface area contributed by atoms with Crippen LogP contribution in [0.2, 0.25) is 0 Å². The van der Waals surface area contributed by atoms with Gasteiger partial charge in [0.15, 0.2) is 0 Å². The van der Waals surface area contributed by atoms with Crippen LogP contribution in [-0.2, 0) is 9.59 Å². The molecule has 3 unspecified atom stereocenters. The van der Waals surface area contributed by atoms with Gasteiger partial charge in [0.1, 0.15) is 0 Å². The van der Waals surface area contributed by atoms with E-state index in [1.54, 1.807) is 0 Å². The predicted molar refractivity (Wildman–Crippen MR) is 71.8 cm³/mol. The van der Waals surface area contributed by atoms with E-state index >= 15 is 0 Å². The van der Waals surface area contributed by atoms with Crippen molar-refractivity contribution in [3.05, 3.63) is 0 Å². The number of carbonyl (C=O) groups is 2. The van der Waals surface area contributed by atoms with Gasteiger partial charge in [-0.1, -0.05) is 6.92 Å². The smallest absolute Gasteiger partial charge is 0.303 e. The molecule has 0 spiro atoms. The zero-order valence-corrected chi connectivity index (χ0v) is 11.8. The van der Waals surface area contributed by atoms with Gasteiger partial charge in [-0.2, -0.15) is 0 Å². The van der Waals surface area contributed by atoms with Crippen LogP contribution in [0.1, 0.15) is 39.5 Å². The van der Waals surface area contributed by atoms with Crippen LogP contribution in [0, 0.1) is 5.92 Å². The van der Waals surface area contributed by atoms with Crippen molar-refractivity contribution in [3.8, 4) is 0 Å². The lowest BCUT2D eigenvalue weighted by atomic mass is 10.0. The molecule has 2 saturated heterocycles. The summed E-state index contributed by atoms with van der Waals surface area (Å²) in [6.07, 6.45) is 2.84. The fourth-order valence-electron chi connectivity index (χ4n) is 3.32. The summed E-state index contributed by atoms with van der Waals surface area (Å²) < 4.78 is 0. The third-order valence-corrected chi connectivity index (χ3v) is 4.30. The molecule has 0 bridgehead atoms. The zero-order chi connectivity index (χ0) is 14.0. The highest BCUT2D eigenvalue weighted by molar-refractivity contribution is 5.78. The third kappa shape index (κ3) is 3.47. The van der Waals surface area contributed by atoms with Gasteiger partial charge in [-0.25, -0.2) is 0 Å². The van der Waals surface area contributed by atoms with E-state index in [0.717, 1.165) is 19.6 Å². The first-order chi connectivity index (χ1) is 8.97. The second kappa shape index (κ2) is 5.90. The average Bonchev–Trinajstić information content (AvgIpc) is 2.73. The van der Waals surface area contributed by atoms with Crippen LogP contribution in [0.25, 0.3) is 0 Å². The van der Waals surface area contributed by atoms with Crippen LogP contribution in [0.3, 0.4) is 0 Å². The summed E-state index contributed by atoms with van der Waals surface area (Å²) in [5.41, 5.74) is 0. The van der Waals surface area contributed by atoms with Crippen LogP contribution >= 0.6 is 0 Å². The Balaban J connectivity index is 1.89. The van der Waals surface area contributed by atoms with Crippen molar-refractivity contribution in [2.24, 2.45) is 5.92 Å². The molecule has 5 heteroatoms. The molecule has 1 amide bonds. The maximum atomic E-state index is 12.3. The average molecular weight is 268 g/mol. The van der Waals surface area contributed by atoms with Crippen LogP contribution in [0.15, 0.2) is 0 Å². The normalized spacial score (nSPS) is 29.1. The Kier molecular flexibility index (Phi) is 4.45. The van der Waals surface area contributed by atoms with Crippen LogP contribution in [0.5, 0.6) is 0 Å². The summed E-state index contributed by atoms with van der Waals surface area (Å²) in [5.74, 6) is -0.791. The molecule has 0 aromatic rings. The van der Waals surface area contributed by atoms with Gasteiger partial charge < -0.3 is 10.0 Å². The first-order valence-electron chi connectivity index (χ1n) is 7.22. The summed E-state index contributed by atoms with van der Waals surface area (Å²) in [7, 11) is 0. The molecular formula is C14H24N2O3. The van der Waals surface area contributed by atoms with E-state index in [0.29, 0.717) is 12.5 Å². The Morgan fingerprint density at radius 1 is 1.32 bits per heavy atom. The molecule has 0 radical (unpaired) electrons. The lowest BCUT2D eigenvalue weighted by molar-refractivity contribution is -0.140. The lowest BCUT2D eigenvalue weighted by Crippen LogP contribution is -2.56. The molecule has 3 atom stereocenters. The minimum absolute atomic E-state index is 0.0729. The molecule has 1 N–H and O–H groups in total. The number of fused-ring (bicyclic) bond motifs is 1. The largest absolute Gasteiger partial charge is 0.481 e. The van der Waals surface area contributed by atoms with E-state index in [-0.39, 0.29) is 24.3 Å². The Bertz CT molecular complexity index is 359. The number of piperazine rings is 1. The number of carbonyl (C=O) groups excluding carboxylic acids is 1. The molecule has 108 valence electrons. The molecule has 0 aromatic carbocycles. The minimum Gasteiger partial charge on any atom is -0.481 e. The first-order valence-corrected chi connectivity index (χ1v) is 7.22. The van der Waals surface area contributed by atoms with E-state index in [1.807, 2.05) is 11.8 Å². The van der Waals surface area contributed by atoms with Crippen molar-refractivity contribution in [1.82, 2.24) is 9.80 Å². The maximum Gasteiger partial charge on any atom is 0.303 e. The van der Waals surface area contributed by atoms with Gasteiger partial charge in [0.05, 0.1) is 0 Å². The minimum atomic E-state index is -0.825. The quantitative estimate of drug-likeness (QED) is 0.832. The molecule has 0 aromatic heterocycles. The maximum absolute atomic E-state index is 12.3. The molecular weight excluding hydrogens is 244 g/mol. The number of carboxylic acids is 1. The van der Waals surface area contributed by atoms with Crippen molar-refractivity contribution in [2.75, 3.05) is 19.6 Å². The molecule has 5 nitrogen and oxygen atoms in total. The Labute approximate surface area is 114 Å². The van der Waals surface area contributed by atoms with E-state index in [2.05, 4.69) is 11.8 Å². The van der Waals surface area contributed by atoms with Gasteiger partial charge in [0, 0.05) is 38.0 Å². The van der Waals surface area contributed by atoms with E-state index in [1.165, 1.54) is 12.8 Å². The number of carboxylic acid groups (broad SMARTS) is 1. The topological polar surface area (TPSA) is 60.9 Å². The predicted octanol–water partition coefficient (Wildman–Crippen LogP) is 1.18. The van der Waals surface area contributed by atoms with Gasteiger partial charge in [0.25, 0.3) is 0 Å². The second-order valence-corrected chi connectivity index (χ2v) is 6.09. The number of hydrogen-bond acceptors (Lipinski definition) is 3. The lowest BCUT2D eigenvalue weighted by Gasteiger charge is -2.42. The van der Waals surface area contributed by atoms with Gasteiger partial charge in [-0.3, -0.25) is 14.5 Å². The van der Waals surface area contributed by atoms with Gasteiger partial charge in [0.2, 0.25) is 5.91 Å². The van der Waals surface area contributed by atoms with Crippen molar-refractivity contribution >= 4 is 11.9 Å². The van der Waals surface area contributed by atoms with Crippen LogP contribution in [0.4, 0.5) is 0 Å². The number of amides is 1. The molecule has 2 fully saturated rings. The Hall–Kier alpha value is -1.10. The highest BCUT2D eigenvalue weighted by atomic mass is 16.4.